The van der Waals surface area contributed by atoms with Crippen molar-refractivity contribution in [2.45, 2.75) is 12.8 Å². The molecule has 136 valence electrons. The topological polar surface area (TPSA) is 39.7 Å². The summed E-state index contributed by atoms with van der Waals surface area (Å²) in [6.07, 6.45) is 1.91. The molecule has 0 amide bonds. The molecule has 0 spiro atoms. The number of halogens is 2. The van der Waals surface area contributed by atoms with E-state index in [1.807, 2.05) is 24.3 Å². The number of ether oxygens (including phenoxy) is 3. The molecule has 1 N–H and O–H groups in total. The maximum Gasteiger partial charge on any atom is 0.137 e. The van der Waals surface area contributed by atoms with Gasteiger partial charge in [-0.25, -0.2) is 0 Å². The molecule has 0 unspecified atom stereocenters. The number of benzene rings is 2. The van der Waals surface area contributed by atoms with Crippen LogP contribution >= 0.6 is 23.2 Å². The van der Waals surface area contributed by atoms with Gasteiger partial charge in [-0.05, 0) is 43.2 Å². The van der Waals surface area contributed by atoms with Crippen LogP contribution in [-0.2, 0) is 4.74 Å². The number of anilines is 1. The molecule has 0 aliphatic carbocycles. The van der Waals surface area contributed by atoms with Crippen molar-refractivity contribution in [3.8, 4) is 11.5 Å². The van der Waals surface area contributed by atoms with E-state index in [4.69, 9.17) is 37.4 Å². The predicted octanol–water partition coefficient (Wildman–Crippen LogP) is 5.29. The van der Waals surface area contributed by atoms with Crippen molar-refractivity contribution >= 4 is 28.9 Å². The number of nitrogens with one attached hydrogen (secondary N) is 1. The fraction of sp³-hybridized carbons (Fsp3) is 0.368. The molecule has 0 heterocycles. The second-order valence-electron chi connectivity index (χ2n) is 5.43. The zero-order valence-electron chi connectivity index (χ0n) is 14.3. The molecule has 0 radical (unpaired) electrons. The van der Waals surface area contributed by atoms with E-state index in [9.17, 15) is 0 Å². The number of unbranched alkanes of at least 4 members (excludes halogenated alkanes) is 1. The summed E-state index contributed by atoms with van der Waals surface area (Å²) < 4.78 is 16.2. The van der Waals surface area contributed by atoms with Gasteiger partial charge in [0.15, 0.2) is 0 Å². The number of rotatable bonds is 11. The number of methoxy groups -OCH3 is 1. The Balaban J connectivity index is 1.63. The van der Waals surface area contributed by atoms with Gasteiger partial charge in [-0.15, -0.1) is 0 Å². The Morgan fingerprint density at radius 3 is 2.60 bits per heavy atom. The van der Waals surface area contributed by atoms with Crippen LogP contribution < -0.4 is 14.8 Å². The lowest BCUT2D eigenvalue weighted by Gasteiger charge is -2.10. The third-order valence-electron chi connectivity index (χ3n) is 3.44. The smallest absolute Gasteiger partial charge is 0.137 e. The van der Waals surface area contributed by atoms with Crippen LogP contribution in [0.15, 0.2) is 42.5 Å². The maximum absolute atomic E-state index is 6.07. The van der Waals surface area contributed by atoms with Crippen molar-refractivity contribution in [2.75, 3.05) is 38.8 Å². The SMILES string of the molecule is COCCOc1cccc(NCCCCOc2ccc(Cl)cc2Cl)c1. The highest BCUT2D eigenvalue weighted by Gasteiger charge is 2.02. The molecule has 0 fully saturated rings. The Morgan fingerprint density at radius 2 is 1.80 bits per heavy atom. The van der Waals surface area contributed by atoms with Gasteiger partial charge in [0.2, 0.25) is 0 Å². The van der Waals surface area contributed by atoms with E-state index in [0.29, 0.717) is 35.6 Å². The zero-order chi connectivity index (χ0) is 17.9. The van der Waals surface area contributed by atoms with E-state index in [-0.39, 0.29) is 0 Å². The lowest BCUT2D eigenvalue weighted by atomic mass is 10.2. The summed E-state index contributed by atoms with van der Waals surface area (Å²) in [5, 5.41) is 4.53. The second-order valence-corrected chi connectivity index (χ2v) is 6.27. The molecular formula is C19H23Cl2NO3. The van der Waals surface area contributed by atoms with Crippen molar-refractivity contribution in [1.29, 1.82) is 0 Å². The van der Waals surface area contributed by atoms with Crippen molar-refractivity contribution in [3.05, 3.63) is 52.5 Å². The molecule has 2 aromatic rings. The predicted molar refractivity (Wildman–Crippen MR) is 103 cm³/mol. The van der Waals surface area contributed by atoms with Crippen molar-refractivity contribution < 1.29 is 14.2 Å². The third kappa shape index (κ3) is 7.43. The minimum absolute atomic E-state index is 0.538. The normalized spacial score (nSPS) is 10.5. The van der Waals surface area contributed by atoms with Crippen LogP contribution in [0.3, 0.4) is 0 Å². The highest BCUT2D eigenvalue weighted by molar-refractivity contribution is 6.35. The van der Waals surface area contributed by atoms with Crippen LogP contribution in [0, 0.1) is 0 Å². The summed E-state index contributed by atoms with van der Waals surface area (Å²) in [5.74, 6) is 1.50. The van der Waals surface area contributed by atoms with Crippen LogP contribution in [0.2, 0.25) is 10.0 Å². The average Bonchev–Trinajstić information content (AvgIpc) is 2.60. The Morgan fingerprint density at radius 1 is 0.920 bits per heavy atom. The first-order valence-electron chi connectivity index (χ1n) is 8.22. The quantitative estimate of drug-likeness (QED) is 0.535. The summed E-state index contributed by atoms with van der Waals surface area (Å²) in [5.41, 5.74) is 1.04. The Kier molecular flexibility index (Phi) is 8.73. The summed E-state index contributed by atoms with van der Waals surface area (Å²) in [7, 11) is 1.66. The molecule has 0 aliphatic rings. The fourth-order valence-electron chi connectivity index (χ4n) is 2.17. The average molecular weight is 384 g/mol. The Bertz CT molecular complexity index is 652. The van der Waals surface area contributed by atoms with Gasteiger partial charge in [0.05, 0.1) is 18.2 Å². The molecule has 0 atom stereocenters. The highest BCUT2D eigenvalue weighted by atomic mass is 35.5. The molecule has 0 saturated heterocycles. The van der Waals surface area contributed by atoms with E-state index in [0.717, 1.165) is 30.8 Å². The number of hydrogen-bond acceptors (Lipinski definition) is 4. The fourth-order valence-corrected chi connectivity index (χ4v) is 2.64. The molecule has 2 aromatic carbocycles. The van der Waals surface area contributed by atoms with E-state index >= 15 is 0 Å². The lowest BCUT2D eigenvalue weighted by molar-refractivity contribution is 0.146. The van der Waals surface area contributed by atoms with Gasteiger partial charge < -0.3 is 19.5 Å². The maximum atomic E-state index is 6.07. The van der Waals surface area contributed by atoms with Crippen LogP contribution in [0.5, 0.6) is 11.5 Å². The molecule has 4 nitrogen and oxygen atoms in total. The molecule has 0 aliphatic heterocycles. The second kappa shape index (κ2) is 11.1. The summed E-state index contributed by atoms with van der Waals surface area (Å²) in [4.78, 5) is 0. The molecular weight excluding hydrogens is 361 g/mol. The third-order valence-corrected chi connectivity index (χ3v) is 3.97. The van der Waals surface area contributed by atoms with E-state index in [2.05, 4.69) is 5.32 Å². The lowest BCUT2D eigenvalue weighted by Crippen LogP contribution is -2.06. The standard InChI is InChI=1S/C19H23Cl2NO3/c1-23-11-12-24-17-6-4-5-16(14-17)22-9-2-3-10-25-19-8-7-15(20)13-18(19)21/h4-8,13-14,22H,2-3,9-12H2,1H3. The Hall–Kier alpha value is -1.62. The van der Waals surface area contributed by atoms with E-state index in [1.54, 1.807) is 25.3 Å². The van der Waals surface area contributed by atoms with E-state index < -0.39 is 0 Å². The first-order valence-corrected chi connectivity index (χ1v) is 8.98. The van der Waals surface area contributed by atoms with Gasteiger partial charge in [0.1, 0.15) is 18.1 Å². The summed E-state index contributed by atoms with van der Waals surface area (Å²) in [6, 6.07) is 13.2. The first kappa shape index (κ1) is 19.7. The van der Waals surface area contributed by atoms with Crippen molar-refractivity contribution in [2.24, 2.45) is 0 Å². The molecule has 0 saturated carbocycles. The monoisotopic (exact) mass is 383 g/mol. The summed E-state index contributed by atoms with van der Waals surface area (Å²) in [6.45, 7) is 2.60. The van der Waals surface area contributed by atoms with Gasteiger partial charge >= 0.3 is 0 Å². The minimum atomic E-state index is 0.538. The highest BCUT2D eigenvalue weighted by Crippen LogP contribution is 2.27. The Labute approximate surface area is 159 Å². The van der Waals surface area contributed by atoms with Gasteiger partial charge in [-0.1, -0.05) is 29.3 Å². The summed E-state index contributed by atoms with van der Waals surface area (Å²) >= 11 is 11.9. The zero-order valence-corrected chi connectivity index (χ0v) is 15.8. The van der Waals surface area contributed by atoms with Gasteiger partial charge in [0.25, 0.3) is 0 Å². The van der Waals surface area contributed by atoms with Gasteiger partial charge in [-0.3, -0.25) is 0 Å². The van der Waals surface area contributed by atoms with Crippen molar-refractivity contribution in [1.82, 2.24) is 0 Å². The van der Waals surface area contributed by atoms with Crippen LogP contribution in [-0.4, -0.2) is 33.5 Å². The largest absolute Gasteiger partial charge is 0.492 e. The van der Waals surface area contributed by atoms with Crippen LogP contribution in [0.4, 0.5) is 5.69 Å². The van der Waals surface area contributed by atoms with Crippen molar-refractivity contribution in [3.63, 3.8) is 0 Å². The van der Waals surface area contributed by atoms with Gasteiger partial charge in [-0.2, -0.15) is 0 Å². The number of hydrogen-bond donors (Lipinski definition) is 1. The molecule has 0 bridgehead atoms. The van der Waals surface area contributed by atoms with Crippen LogP contribution in [0.25, 0.3) is 0 Å². The van der Waals surface area contributed by atoms with E-state index in [1.165, 1.54) is 0 Å². The van der Waals surface area contributed by atoms with Crippen LogP contribution in [0.1, 0.15) is 12.8 Å². The molecule has 6 heteroatoms. The minimum Gasteiger partial charge on any atom is -0.492 e. The van der Waals surface area contributed by atoms with Gasteiger partial charge in [0, 0.05) is 30.4 Å². The molecule has 2 rings (SSSR count). The molecule has 0 aromatic heterocycles. The molecule has 25 heavy (non-hydrogen) atoms. The first-order chi connectivity index (χ1) is 12.2.